The Hall–Kier alpha value is -0.520. The molecule has 1 aliphatic heterocycles. The largest absolute Gasteiger partial charge is 0.279 e. The summed E-state index contributed by atoms with van der Waals surface area (Å²) in [6.45, 7) is 1.19. The molecule has 0 amide bonds. The first-order chi connectivity index (χ1) is 10.7. The van der Waals surface area contributed by atoms with Gasteiger partial charge in [-0.2, -0.15) is 17.4 Å². The Labute approximate surface area is 142 Å². The number of nitrogens with one attached hydrogen (secondary N) is 1. The van der Waals surface area contributed by atoms with Gasteiger partial charge in [-0.05, 0) is 25.0 Å². The molecule has 1 aromatic rings. The third kappa shape index (κ3) is 4.74. The van der Waals surface area contributed by atoms with E-state index in [1.807, 2.05) is 0 Å². The van der Waals surface area contributed by atoms with Crippen LogP contribution in [0.1, 0.15) is 30.6 Å². The summed E-state index contributed by atoms with van der Waals surface area (Å²) in [5.74, 6) is 0. The summed E-state index contributed by atoms with van der Waals surface area (Å²) >= 11 is 1.08. The van der Waals surface area contributed by atoms with E-state index in [1.54, 1.807) is 6.07 Å². The molecular formula is C13H23N3O4S3. The molecule has 0 aromatic carbocycles. The van der Waals surface area contributed by atoms with Gasteiger partial charge in [0, 0.05) is 38.6 Å². The lowest BCUT2D eigenvalue weighted by molar-refractivity contribution is 0.415. The standard InChI is InChI=1S/C13H23N3O4S3/c1-15(2)22(17,18)13-8-7-12(21-13)11-14-23(19,20)16-9-5-3-4-6-10-16/h7-8,14H,3-6,9-11H2,1-2H3. The second-order valence-electron chi connectivity index (χ2n) is 5.65. The number of thiophene rings is 1. The van der Waals surface area contributed by atoms with Crippen molar-refractivity contribution in [2.45, 2.75) is 36.4 Å². The van der Waals surface area contributed by atoms with Gasteiger partial charge in [0.1, 0.15) is 4.21 Å². The van der Waals surface area contributed by atoms with Crippen molar-refractivity contribution in [1.29, 1.82) is 0 Å². The molecule has 0 aliphatic carbocycles. The van der Waals surface area contributed by atoms with E-state index >= 15 is 0 Å². The first-order valence-electron chi connectivity index (χ1n) is 7.49. The van der Waals surface area contributed by atoms with Crippen molar-refractivity contribution < 1.29 is 16.8 Å². The van der Waals surface area contributed by atoms with Crippen LogP contribution in [-0.2, 0) is 26.8 Å². The molecule has 0 radical (unpaired) electrons. The second kappa shape index (κ2) is 7.58. The van der Waals surface area contributed by atoms with Crippen LogP contribution in [0.2, 0.25) is 0 Å². The molecule has 0 spiro atoms. The van der Waals surface area contributed by atoms with Gasteiger partial charge in [0.15, 0.2) is 0 Å². The quantitative estimate of drug-likeness (QED) is 0.802. The number of sulfonamides is 1. The van der Waals surface area contributed by atoms with E-state index in [9.17, 15) is 16.8 Å². The van der Waals surface area contributed by atoms with Crippen LogP contribution >= 0.6 is 11.3 Å². The van der Waals surface area contributed by atoms with Crippen molar-refractivity contribution in [2.75, 3.05) is 27.2 Å². The highest BCUT2D eigenvalue weighted by Gasteiger charge is 2.23. The van der Waals surface area contributed by atoms with E-state index in [0.717, 1.165) is 41.3 Å². The zero-order chi connectivity index (χ0) is 17.1. The maximum absolute atomic E-state index is 12.3. The molecule has 132 valence electrons. The third-order valence-corrected chi connectivity index (χ3v) is 8.63. The Morgan fingerprint density at radius 3 is 2.26 bits per heavy atom. The molecule has 1 saturated heterocycles. The summed E-state index contributed by atoms with van der Waals surface area (Å²) in [6.07, 6.45) is 3.88. The van der Waals surface area contributed by atoms with Crippen LogP contribution < -0.4 is 4.72 Å². The van der Waals surface area contributed by atoms with Crippen molar-refractivity contribution in [3.8, 4) is 0 Å². The van der Waals surface area contributed by atoms with Crippen LogP contribution in [0.5, 0.6) is 0 Å². The van der Waals surface area contributed by atoms with E-state index < -0.39 is 20.2 Å². The van der Waals surface area contributed by atoms with E-state index in [2.05, 4.69) is 4.72 Å². The minimum Gasteiger partial charge on any atom is -0.206 e. The molecule has 1 fully saturated rings. The van der Waals surface area contributed by atoms with Gasteiger partial charge in [-0.25, -0.2) is 12.7 Å². The van der Waals surface area contributed by atoms with Crippen molar-refractivity contribution in [2.24, 2.45) is 0 Å². The molecule has 0 unspecified atom stereocenters. The summed E-state index contributed by atoms with van der Waals surface area (Å²) in [7, 11) is -4.05. The monoisotopic (exact) mass is 381 g/mol. The fourth-order valence-corrected chi connectivity index (χ4v) is 6.12. The van der Waals surface area contributed by atoms with Gasteiger partial charge in [-0.15, -0.1) is 11.3 Å². The van der Waals surface area contributed by atoms with Crippen molar-refractivity contribution in [1.82, 2.24) is 13.3 Å². The Balaban J connectivity index is 2.02. The molecule has 23 heavy (non-hydrogen) atoms. The summed E-state index contributed by atoms with van der Waals surface area (Å²) in [5, 5.41) is 0. The molecule has 2 rings (SSSR count). The van der Waals surface area contributed by atoms with Crippen LogP contribution in [0.25, 0.3) is 0 Å². The Kier molecular flexibility index (Phi) is 6.20. The predicted octanol–water partition coefficient (Wildman–Crippen LogP) is 1.21. The Morgan fingerprint density at radius 1 is 1.09 bits per heavy atom. The van der Waals surface area contributed by atoms with Gasteiger partial charge < -0.3 is 0 Å². The average Bonchev–Trinajstić information content (AvgIpc) is 2.79. The van der Waals surface area contributed by atoms with E-state index in [4.69, 9.17) is 0 Å². The highest BCUT2D eigenvalue weighted by Crippen LogP contribution is 2.24. The first kappa shape index (κ1) is 18.8. The summed E-state index contributed by atoms with van der Waals surface area (Å²) < 4.78 is 54.1. The summed E-state index contributed by atoms with van der Waals surface area (Å²) in [4.78, 5) is 0.670. The molecule has 0 saturated carbocycles. The molecular weight excluding hydrogens is 358 g/mol. The van der Waals surface area contributed by atoms with E-state index in [-0.39, 0.29) is 10.8 Å². The number of nitrogens with zero attached hydrogens (tertiary/aromatic N) is 2. The van der Waals surface area contributed by atoms with Crippen molar-refractivity contribution >= 4 is 31.6 Å². The molecule has 7 nitrogen and oxygen atoms in total. The van der Waals surface area contributed by atoms with Gasteiger partial charge >= 0.3 is 0 Å². The molecule has 1 aliphatic rings. The normalized spacial score (nSPS) is 18.2. The highest BCUT2D eigenvalue weighted by atomic mass is 32.2. The lowest BCUT2D eigenvalue weighted by atomic mass is 10.2. The summed E-state index contributed by atoms with van der Waals surface area (Å²) in [6, 6.07) is 3.15. The van der Waals surface area contributed by atoms with Gasteiger partial charge in [-0.1, -0.05) is 12.8 Å². The second-order valence-corrected chi connectivity index (χ2v) is 10.9. The smallest absolute Gasteiger partial charge is 0.206 e. The van der Waals surface area contributed by atoms with Gasteiger partial charge in [-0.3, -0.25) is 0 Å². The van der Waals surface area contributed by atoms with Gasteiger partial charge in [0.2, 0.25) is 0 Å². The average molecular weight is 382 g/mol. The zero-order valence-electron chi connectivity index (χ0n) is 13.4. The molecule has 1 N–H and O–H groups in total. The first-order valence-corrected chi connectivity index (χ1v) is 11.2. The Morgan fingerprint density at radius 2 is 1.70 bits per heavy atom. The van der Waals surface area contributed by atoms with Crippen LogP contribution in [0.3, 0.4) is 0 Å². The number of hydrogen-bond acceptors (Lipinski definition) is 5. The molecule has 1 aromatic heterocycles. The predicted molar refractivity (Wildman–Crippen MR) is 91.0 cm³/mol. The fraction of sp³-hybridized carbons (Fsp3) is 0.692. The third-order valence-electron chi connectivity index (χ3n) is 3.71. The van der Waals surface area contributed by atoms with Crippen LogP contribution in [-0.4, -0.2) is 52.6 Å². The van der Waals surface area contributed by atoms with Crippen molar-refractivity contribution in [3.05, 3.63) is 17.0 Å². The minimum absolute atomic E-state index is 0.104. The van der Waals surface area contributed by atoms with Gasteiger partial charge in [0.05, 0.1) is 0 Å². The molecule has 0 atom stereocenters. The lowest BCUT2D eigenvalue weighted by Crippen LogP contribution is -2.40. The Bertz CT molecular complexity index is 717. The minimum atomic E-state index is -3.52. The van der Waals surface area contributed by atoms with Crippen LogP contribution in [0.4, 0.5) is 0 Å². The SMILES string of the molecule is CN(C)S(=O)(=O)c1ccc(CNS(=O)(=O)N2CCCCCC2)s1. The lowest BCUT2D eigenvalue weighted by Gasteiger charge is -2.19. The maximum Gasteiger partial charge on any atom is 0.279 e. The molecule has 10 heteroatoms. The number of hydrogen-bond donors (Lipinski definition) is 1. The highest BCUT2D eigenvalue weighted by molar-refractivity contribution is 7.91. The van der Waals surface area contributed by atoms with Crippen molar-refractivity contribution in [3.63, 3.8) is 0 Å². The van der Waals surface area contributed by atoms with E-state index in [0.29, 0.717) is 18.0 Å². The van der Waals surface area contributed by atoms with Crippen LogP contribution in [0, 0.1) is 0 Å². The van der Waals surface area contributed by atoms with Crippen LogP contribution in [0.15, 0.2) is 16.3 Å². The zero-order valence-corrected chi connectivity index (χ0v) is 15.8. The molecule has 2 heterocycles. The van der Waals surface area contributed by atoms with Gasteiger partial charge in [0.25, 0.3) is 20.2 Å². The van der Waals surface area contributed by atoms with E-state index in [1.165, 1.54) is 24.5 Å². The topological polar surface area (TPSA) is 86.8 Å². The fourth-order valence-electron chi connectivity index (χ4n) is 2.31. The number of rotatable bonds is 6. The summed E-state index contributed by atoms with van der Waals surface area (Å²) in [5.41, 5.74) is 0. The molecule has 0 bridgehead atoms. The maximum atomic E-state index is 12.3.